The number of pyridine rings is 1. The number of nitrogens with zero attached hydrogens (tertiary/aromatic N) is 2. The third-order valence-corrected chi connectivity index (χ3v) is 5.17. The first-order valence-corrected chi connectivity index (χ1v) is 7.57. The molecule has 19 heavy (non-hydrogen) atoms. The Morgan fingerprint density at radius 1 is 1.26 bits per heavy atom. The van der Waals surface area contributed by atoms with Gasteiger partial charge in [-0.1, -0.05) is 0 Å². The van der Waals surface area contributed by atoms with Crippen LogP contribution in [0.3, 0.4) is 0 Å². The summed E-state index contributed by atoms with van der Waals surface area (Å²) >= 11 is -0.0658. The standard InChI is InChI=1S/C15H11N3Se/c1-9-7-11(10-5-3-2-4-6-10)18-15-13(9)14(17)12(8-16)19-15/h2-7H,17H2,1H3. The monoisotopic (exact) mass is 313 g/mol. The molecule has 0 amide bonds. The van der Waals surface area contributed by atoms with Crippen LogP contribution in [0.25, 0.3) is 21.0 Å². The van der Waals surface area contributed by atoms with Gasteiger partial charge in [0.25, 0.3) is 0 Å². The number of hydrogen-bond donors (Lipinski definition) is 1. The van der Waals surface area contributed by atoms with Gasteiger partial charge < -0.3 is 0 Å². The van der Waals surface area contributed by atoms with Crippen molar-refractivity contribution in [3.05, 3.63) is 46.4 Å². The van der Waals surface area contributed by atoms with Crippen LogP contribution in [-0.4, -0.2) is 19.5 Å². The van der Waals surface area contributed by atoms with Crippen LogP contribution in [0.4, 0.5) is 5.69 Å². The SMILES string of the molecule is Cc1cc(-c2ccccc2)nc2[se]c(C#N)c(N)c12. The van der Waals surface area contributed by atoms with E-state index < -0.39 is 0 Å². The van der Waals surface area contributed by atoms with Crippen molar-refractivity contribution in [2.75, 3.05) is 5.73 Å². The van der Waals surface area contributed by atoms with Gasteiger partial charge in [0, 0.05) is 0 Å². The number of benzene rings is 1. The summed E-state index contributed by atoms with van der Waals surface area (Å²) in [7, 11) is 0. The van der Waals surface area contributed by atoms with Crippen molar-refractivity contribution in [2.24, 2.45) is 0 Å². The second-order valence-corrected chi connectivity index (χ2v) is 6.42. The molecule has 3 nitrogen and oxygen atoms in total. The molecule has 3 aromatic rings. The van der Waals surface area contributed by atoms with E-state index in [1.54, 1.807) is 0 Å². The van der Waals surface area contributed by atoms with E-state index in [-0.39, 0.29) is 14.5 Å². The summed E-state index contributed by atoms with van der Waals surface area (Å²) in [5.74, 6) is 0. The van der Waals surface area contributed by atoms with Gasteiger partial charge in [0.15, 0.2) is 0 Å². The van der Waals surface area contributed by atoms with Crippen molar-refractivity contribution >= 4 is 30.0 Å². The third kappa shape index (κ3) is 1.94. The van der Waals surface area contributed by atoms with E-state index in [9.17, 15) is 0 Å². The molecule has 0 saturated heterocycles. The molecule has 2 N–H and O–H groups in total. The van der Waals surface area contributed by atoms with Gasteiger partial charge in [-0.15, -0.1) is 0 Å². The van der Waals surface area contributed by atoms with Gasteiger partial charge in [0.2, 0.25) is 0 Å². The van der Waals surface area contributed by atoms with E-state index in [1.807, 2.05) is 43.3 Å². The summed E-state index contributed by atoms with van der Waals surface area (Å²) in [4.78, 5) is 4.69. The van der Waals surface area contributed by atoms with Gasteiger partial charge in [0.05, 0.1) is 0 Å². The third-order valence-electron chi connectivity index (χ3n) is 3.07. The zero-order valence-electron chi connectivity index (χ0n) is 10.3. The van der Waals surface area contributed by atoms with Gasteiger partial charge in [-0.3, -0.25) is 0 Å². The summed E-state index contributed by atoms with van der Waals surface area (Å²) in [6.45, 7) is 2.02. The Morgan fingerprint density at radius 2 is 2.00 bits per heavy atom. The predicted molar refractivity (Wildman–Crippen MR) is 78.0 cm³/mol. The molecular weight excluding hydrogens is 301 g/mol. The van der Waals surface area contributed by atoms with Gasteiger partial charge in [0.1, 0.15) is 0 Å². The molecule has 3 rings (SSSR count). The molecular formula is C15H11N3Se. The predicted octanol–water partition coefficient (Wildman–Crippen LogP) is 2.72. The first-order valence-electron chi connectivity index (χ1n) is 5.86. The van der Waals surface area contributed by atoms with Gasteiger partial charge in [-0.2, -0.15) is 0 Å². The summed E-state index contributed by atoms with van der Waals surface area (Å²) in [5, 5.41) is 10.1. The van der Waals surface area contributed by atoms with E-state index in [0.29, 0.717) is 10.1 Å². The molecule has 0 aliphatic rings. The molecule has 0 atom stereocenters. The van der Waals surface area contributed by atoms with Crippen LogP contribution in [-0.2, 0) is 0 Å². The summed E-state index contributed by atoms with van der Waals surface area (Å²) in [6, 6.07) is 14.3. The molecule has 0 fully saturated rings. The average molecular weight is 312 g/mol. The van der Waals surface area contributed by atoms with Crippen molar-refractivity contribution in [1.82, 2.24) is 4.98 Å². The van der Waals surface area contributed by atoms with Crippen LogP contribution in [0.2, 0.25) is 0 Å². The Bertz CT molecular complexity index is 798. The fourth-order valence-corrected chi connectivity index (χ4v) is 4.18. The van der Waals surface area contributed by atoms with Crippen molar-refractivity contribution in [3.63, 3.8) is 0 Å². The van der Waals surface area contributed by atoms with Crippen LogP contribution in [0, 0.1) is 18.3 Å². The second kappa shape index (κ2) is 4.55. The molecule has 0 spiro atoms. The molecule has 0 unspecified atom stereocenters. The van der Waals surface area contributed by atoms with Gasteiger partial charge >= 0.3 is 117 Å². The number of aryl methyl sites for hydroxylation is 1. The fourth-order valence-electron chi connectivity index (χ4n) is 2.15. The van der Waals surface area contributed by atoms with E-state index in [0.717, 1.165) is 26.6 Å². The van der Waals surface area contributed by atoms with Crippen LogP contribution in [0.5, 0.6) is 0 Å². The topological polar surface area (TPSA) is 62.7 Å². The zero-order chi connectivity index (χ0) is 13.4. The molecule has 0 aliphatic carbocycles. The number of nitrogens with two attached hydrogens (primary N) is 1. The molecule has 2 aromatic heterocycles. The van der Waals surface area contributed by atoms with Crippen molar-refractivity contribution in [2.45, 2.75) is 6.92 Å². The molecule has 0 bridgehead atoms. The summed E-state index contributed by atoms with van der Waals surface area (Å²) < 4.78 is 1.66. The number of fused-ring (bicyclic) bond motifs is 1. The first-order chi connectivity index (χ1) is 9.20. The number of hydrogen-bond acceptors (Lipinski definition) is 3. The van der Waals surface area contributed by atoms with Crippen LogP contribution < -0.4 is 5.73 Å². The van der Waals surface area contributed by atoms with Crippen molar-refractivity contribution < 1.29 is 0 Å². The molecule has 92 valence electrons. The minimum atomic E-state index is -0.0658. The molecule has 0 aliphatic heterocycles. The number of rotatable bonds is 1. The molecule has 0 radical (unpaired) electrons. The summed E-state index contributed by atoms with van der Waals surface area (Å²) in [6.07, 6.45) is 0. The summed E-state index contributed by atoms with van der Waals surface area (Å²) in [5.41, 5.74) is 9.77. The Labute approximate surface area is 117 Å². The number of nitriles is 1. The fraction of sp³-hybridized carbons (Fsp3) is 0.0667. The number of nitrogen functional groups attached to an aromatic ring is 1. The zero-order valence-corrected chi connectivity index (χ0v) is 12.1. The average Bonchev–Trinajstić information content (AvgIpc) is 2.76. The molecule has 4 heteroatoms. The first kappa shape index (κ1) is 12.0. The van der Waals surface area contributed by atoms with Gasteiger partial charge in [-0.05, 0) is 0 Å². The van der Waals surface area contributed by atoms with E-state index in [4.69, 9.17) is 11.0 Å². The normalized spacial score (nSPS) is 10.5. The second-order valence-electron chi connectivity index (χ2n) is 4.33. The number of anilines is 1. The van der Waals surface area contributed by atoms with E-state index >= 15 is 0 Å². The Kier molecular flexibility index (Phi) is 2.87. The number of aromatic nitrogens is 1. The molecule has 0 saturated carbocycles. The van der Waals surface area contributed by atoms with Crippen molar-refractivity contribution in [3.8, 4) is 17.3 Å². The molecule has 2 heterocycles. The Morgan fingerprint density at radius 3 is 2.68 bits per heavy atom. The quantitative estimate of drug-likeness (QED) is 0.703. The Balaban J connectivity index is 2.29. The van der Waals surface area contributed by atoms with E-state index in [1.165, 1.54) is 0 Å². The Hall–Kier alpha value is -2.08. The van der Waals surface area contributed by atoms with E-state index in [2.05, 4.69) is 11.1 Å². The van der Waals surface area contributed by atoms with Crippen molar-refractivity contribution in [1.29, 1.82) is 5.26 Å². The minimum absolute atomic E-state index is 0.0658. The van der Waals surface area contributed by atoms with Crippen LogP contribution >= 0.6 is 0 Å². The maximum absolute atomic E-state index is 9.09. The van der Waals surface area contributed by atoms with Crippen LogP contribution in [0.15, 0.2) is 36.4 Å². The maximum atomic E-state index is 9.09. The molecule has 1 aromatic carbocycles. The van der Waals surface area contributed by atoms with Gasteiger partial charge in [-0.25, -0.2) is 0 Å². The van der Waals surface area contributed by atoms with Crippen LogP contribution in [0.1, 0.15) is 10.0 Å².